The minimum absolute atomic E-state index is 0.0617. The van der Waals surface area contributed by atoms with Crippen LogP contribution in [-0.4, -0.2) is 10.9 Å². The van der Waals surface area contributed by atoms with Gasteiger partial charge in [0.25, 0.3) is 0 Å². The lowest BCUT2D eigenvalue weighted by Gasteiger charge is -2.02. The zero-order valence-electron chi connectivity index (χ0n) is 14.1. The number of thiazole rings is 1. The van der Waals surface area contributed by atoms with Crippen molar-refractivity contribution in [3.05, 3.63) is 69.1 Å². The monoisotopic (exact) mass is 374 g/mol. The summed E-state index contributed by atoms with van der Waals surface area (Å²) in [7, 11) is 0. The van der Waals surface area contributed by atoms with Crippen molar-refractivity contribution in [1.29, 1.82) is 0 Å². The molecule has 1 N–H and O–H groups in total. The number of nitrogens with zero attached hydrogens (tertiary/aromatic N) is 1. The van der Waals surface area contributed by atoms with Crippen LogP contribution in [0.1, 0.15) is 33.9 Å². The Morgan fingerprint density at radius 1 is 1.28 bits per heavy atom. The Morgan fingerprint density at radius 3 is 2.84 bits per heavy atom. The van der Waals surface area contributed by atoms with Gasteiger partial charge in [0.05, 0.1) is 0 Å². The Hall–Kier alpha value is -2.11. The van der Waals surface area contributed by atoms with E-state index in [0.29, 0.717) is 18.0 Å². The molecule has 0 fully saturated rings. The number of carbonyl (C=O) groups excluding carboxylic acids is 1. The van der Waals surface area contributed by atoms with Crippen LogP contribution in [0.3, 0.4) is 0 Å². The van der Waals surface area contributed by atoms with E-state index in [4.69, 9.17) is 16.0 Å². The van der Waals surface area contributed by atoms with E-state index in [-0.39, 0.29) is 5.91 Å². The zero-order chi connectivity index (χ0) is 17.8. The van der Waals surface area contributed by atoms with Crippen molar-refractivity contribution in [3.8, 4) is 0 Å². The lowest BCUT2D eigenvalue weighted by molar-refractivity contribution is -0.116. The first-order chi connectivity index (χ1) is 12.0. The van der Waals surface area contributed by atoms with Gasteiger partial charge in [-0.25, -0.2) is 4.98 Å². The van der Waals surface area contributed by atoms with Crippen LogP contribution in [0.4, 0.5) is 5.13 Å². The third-order valence-corrected chi connectivity index (χ3v) is 5.13. The number of hydrogen-bond acceptors (Lipinski definition) is 4. The van der Waals surface area contributed by atoms with Gasteiger partial charge in [-0.05, 0) is 43.2 Å². The molecule has 0 unspecified atom stereocenters. The molecular formula is C19H19ClN2O2S. The Bertz CT molecular complexity index is 885. The summed E-state index contributed by atoms with van der Waals surface area (Å²) >= 11 is 7.65. The number of nitrogens with one attached hydrogen (secondary N) is 1. The number of amides is 1. The molecule has 6 heteroatoms. The van der Waals surface area contributed by atoms with Gasteiger partial charge >= 0.3 is 0 Å². The second-order valence-corrected chi connectivity index (χ2v) is 7.47. The highest BCUT2D eigenvalue weighted by atomic mass is 35.5. The predicted octanol–water partition coefficient (Wildman–Crippen LogP) is 5.17. The number of benzene rings is 1. The molecular weight excluding hydrogens is 356 g/mol. The van der Waals surface area contributed by atoms with Gasteiger partial charge in [0.2, 0.25) is 5.91 Å². The van der Waals surface area contributed by atoms with Crippen molar-refractivity contribution in [1.82, 2.24) is 4.98 Å². The van der Waals surface area contributed by atoms with Gasteiger partial charge in [-0.2, -0.15) is 0 Å². The van der Waals surface area contributed by atoms with Crippen LogP contribution in [0.15, 0.2) is 40.9 Å². The lowest BCUT2D eigenvalue weighted by Crippen LogP contribution is -2.11. The van der Waals surface area contributed by atoms with Gasteiger partial charge in [0.15, 0.2) is 5.13 Å². The molecule has 2 heterocycles. The standard InChI is InChI=1S/C19H19ClN2O2S/c1-12-3-5-14(10-17(12)20)9-16-11-21-19(25-16)22-18(23)8-7-15-6-4-13(2)24-15/h3-6,10-11H,7-9H2,1-2H3,(H,21,22,23). The first kappa shape index (κ1) is 17.7. The van der Waals surface area contributed by atoms with Crippen LogP contribution >= 0.6 is 22.9 Å². The summed E-state index contributed by atoms with van der Waals surface area (Å²) in [6, 6.07) is 9.84. The number of rotatable bonds is 6. The van der Waals surface area contributed by atoms with Crippen LogP contribution < -0.4 is 5.32 Å². The number of furan rings is 1. The Kier molecular flexibility index (Phi) is 5.56. The van der Waals surface area contributed by atoms with Gasteiger partial charge in [0, 0.05) is 35.4 Å². The number of hydrogen-bond donors (Lipinski definition) is 1. The van der Waals surface area contributed by atoms with Gasteiger partial charge in [-0.3, -0.25) is 4.79 Å². The van der Waals surface area contributed by atoms with E-state index in [9.17, 15) is 4.79 Å². The maximum absolute atomic E-state index is 12.0. The Morgan fingerprint density at radius 2 is 2.12 bits per heavy atom. The van der Waals surface area contributed by atoms with Gasteiger partial charge in [-0.1, -0.05) is 23.7 Å². The van der Waals surface area contributed by atoms with Crippen LogP contribution in [0.5, 0.6) is 0 Å². The molecule has 1 aromatic carbocycles. The molecule has 0 spiro atoms. The fourth-order valence-electron chi connectivity index (χ4n) is 2.43. The van der Waals surface area contributed by atoms with E-state index in [1.165, 1.54) is 11.3 Å². The smallest absolute Gasteiger partial charge is 0.226 e. The number of carbonyl (C=O) groups is 1. The van der Waals surface area contributed by atoms with E-state index < -0.39 is 0 Å². The van der Waals surface area contributed by atoms with Crippen LogP contribution in [0, 0.1) is 13.8 Å². The third-order valence-electron chi connectivity index (χ3n) is 3.81. The second-order valence-electron chi connectivity index (χ2n) is 5.95. The number of aromatic nitrogens is 1. The number of aryl methyl sites for hydroxylation is 3. The highest BCUT2D eigenvalue weighted by molar-refractivity contribution is 7.15. The number of halogens is 1. The largest absolute Gasteiger partial charge is 0.466 e. The highest BCUT2D eigenvalue weighted by Crippen LogP contribution is 2.24. The first-order valence-corrected chi connectivity index (χ1v) is 9.24. The van der Waals surface area contributed by atoms with Crippen molar-refractivity contribution >= 4 is 34.0 Å². The third kappa shape index (κ3) is 4.94. The van der Waals surface area contributed by atoms with Gasteiger partial charge in [-0.15, -0.1) is 11.3 Å². The molecule has 0 bridgehead atoms. The average molecular weight is 375 g/mol. The van der Waals surface area contributed by atoms with E-state index >= 15 is 0 Å². The summed E-state index contributed by atoms with van der Waals surface area (Å²) in [5, 5.41) is 4.23. The molecule has 1 amide bonds. The molecule has 4 nitrogen and oxygen atoms in total. The Labute approximate surface area is 155 Å². The topological polar surface area (TPSA) is 55.1 Å². The van der Waals surface area contributed by atoms with Crippen LogP contribution in [-0.2, 0) is 17.6 Å². The SMILES string of the molecule is Cc1ccc(CCC(=O)Nc2ncc(Cc3ccc(C)c(Cl)c3)s2)o1. The summed E-state index contributed by atoms with van der Waals surface area (Å²) in [6.07, 6.45) is 3.50. The van der Waals surface area contributed by atoms with Crippen molar-refractivity contribution in [2.24, 2.45) is 0 Å². The van der Waals surface area contributed by atoms with E-state index in [2.05, 4.69) is 16.4 Å². The molecule has 130 valence electrons. The molecule has 3 aromatic rings. The normalized spacial score (nSPS) is 10.8. The highest BCUT2D eigenvalue weighted by Gasteiger charge is 2.09. The quantitative estimate of drug-likeness (QED) is 0.647. The maximum atomic E-state index is 12.0. The van der Waals surface area contributed by atoms with Crippen molar-refractivity contribution < 1.29 is 9.21 Å². The summed E-state index contributed by atoms with van der Waals surface area (Å²) in [5.74, 6) is 1.62. The Balaban J connectivity index is 1.53. The molecule has 0 aliphatic heterocycles. The zero-order valence-corrected chi connectivity index (χ0v) is 15.7. The molecule has 2 aromatic heterocycles. The minimum atomic E-state index is -0.0617. The molecule has 0 aliphatic rings. The number of anilines is 1. The fraction of sp³-hybridized carbons (Fsp3) is 0.263. The minimum Gasteiger partial charge on any atom is -0.466 e. The van der Waals surface area contributed by atoms with Crippen molar-refractivity contribution in [3.63, 3.8) is 0 Å². The van der Waals surface area contributed by atoms with Crippen molar-refractivity contribution in [2.75, 3.05) is 5.32 Å². The van der Waals surface area contributed by atoms with Gasteiger partial charge in [0.1, 0.15) is 11.5 Å². The maximum Gasteiger partial charge on any atom is 0.226 e. The summed E-state index contributed by atoms with van der Waals surface area (Å²) < 4.78 is 5.47. The molecule has 0 radical (unpaired) electrons. The molecule has 0 atom stereocenters. The van der Waals surface area contributed by atoms with Crippen LogP contribution in [0.2, 0.25) is 5.02 Å². The van der Waals surface area contributed by atoms with E-state index in [1.807, 2.05) is 38.1 Å². The second kappa shape index (κ2) is 7.85. The van der Waals surface area contributed by atoms with Crippen LogP contribution in [0.25, 0.3) is 0 Å². The summed E-state index contributed by atoms with van der Waals surface area (Å²) in [4.78, 5) is 17.4. The van der Waals surface area contributed by atoms with E-state index in [0.717, 1.165) is 39.0 Å². The molecule has 0 aliphatic carbocycles. The molecule has 25 heavy (non-hydrogen) atoms. The summed E-state index contributed by atoms with van der Waals surface area (Å²) in [5.41, 5.74) is 2.19. The fourth-order valence-corrected chi connectivity index (χ4v) is 3.50. The average Bonchev–Trinajstić information content (AvgIpc) is 3.18. The van der Waals surface area contributed by atoms with Gasteiger partial charge < -0.3 is 9.73 Å². The predicted molar refractivity (Wildman–Crippen MR) is 102 cm³/mol. The first-order valence-electron chi connectivity index (χ1n) is 8.04. The molecule has 3 rings (SSSR count). The summed E-state index contributed by atoms with van der Waals surface area (Å²) in [6.45, 7) is 3.87. The lowest BCUT2D eigenvalue weighted by atomic mass is 10.1. The van der Waals surface area contributed by atoms with E-state index in [1.54, 1.807) is 6.20 Å². The molecule has 0 saturated heterocycles. The van der Waals surface area contributed by atoms with Crippen molar-refractivity contribution in [2.45, 2.75) is 33.1 Å². The molecule has 0 saturated carbocycles.